The van der Waals surface area contributed by atoms with Crippen molar-refractivity contribution in [3.8, 4) is 0 Å². The summed E-state index contributed by atoms with van der Waals surface area (Å²) in [6, 6.07) is 1.56. The largest absolute Gasteiger partial charge is 0.346 e. The molecule has 3 heterocycles. The topological polar surface area (TPSA) is 96.0 Å². The molecule has 0 aromatic carbocycles. The van der Waals surface area contributed by atoms with E-state index in [1.165, 1.54) is 6.33 Å². The standard InChI is InChI=1S/C15H18N4O3S/c20-15(13-11-4-5-16-14(11)18-9-17-13)19-6-7-23(21,22)8-12(19)10-2-1-3-10/h4-5,9-10,12H,1-3,6-8H2,(H,16,17,18). The second kappa shape index (κ2) is 5.30. The van der Waals surface area contributed by atoms with Crippen molar-refractivity contribution in [2.75, 3.05) is 18.1 Å². The number of carbonyl (C=O) groups is 1. The fourth-order valence-electron chi connectivity index (χ4n) is 3.48. The molecule has 1 saturated carbocycles. The minimum absolute atomic E-state index is 0.0311. The van der Waals surface area contributed by atoms with E-state index in [9.17, 15) is 13.2 Å². The van der Waals surface area contributed by atoms with Gasteiger partial charge in [0.1, 0.15) is 17.7 Å². The SMILES string of the molecule is O=C(c1ncnc2[nH]ccc12)N1CCS(=O)(=O)CC1C1CCC1. The Hall–Kier alpha value is -1.96. The summed E-state index contributed by atoms with van der Waals surface area (Å²) < 4.78 is 24.0. The Morgan fingerprint density at radius 2 is 2.13 bits per heavy atom. The van der Waals surface area contributed by atoms with E-state index < -0.39 is 9.84 Å². The molecule has 2 aromatic heterocycles. The zero-order chi connectivity index (χ0) is 16.0. The molecular formula is C15H18N4O3S. The first-order valence-electron chi connectivity index (χ1n) is 7.85. The first kappa shape index (κ1) is 14.6. The number of nitrogens with zero attached hydrogens (tertiary/aromatic N) is 3. The van der Waals surface area contributed by atoms with E-state index in [0.717, 1.165) is 19.3 Å². The van der Waals surface area contributed by atoms with E-state index in [1.54, 1.807) is 17.2 Å². The van der Waals surface area contributed by atoms with Crippen molar-refractivity contribution in [3.63, 3.8) is 0 Å². The average Bonchev–Trinajstić information content (AvgIpc) is 2.92. The molecule has 1 saturated heterocycles. The van der Waals surface area contributed by atoms with Crippen LogP contribution >= 0.6 is 0 Å². The van der Waals surface area contributed by atoms with Gasteiger partial charge in [-0.05, 0) is 24.8 Å². The number of rotatable bonds is 2. The highest BCUT2D eigenvalue weighted by Crippen LogP contribution is 2.35. The fraction of sp³-hybridized carbons (Fsp3) is 0.533. The van der Waals surface area contributed by atoms with Gasteiger partial charge in [0.2, 0.25) is 0 Å². The number of aromatic amines is 1. The van der Waals surface area contributed by atoms with Crippen LogP contribution in [0, 0.1) is 5.92 Å². The highest BCUT2D eigenvalue weighted by Gasteiger charge is 2.41. The zero-order valence-electron chi connectivity index (χ0n) is 12.6. The Bertz CT molecular complexity index is 856. The maximum absolute atomic E-state index is 13.0. The van der Waals surface area contributed by atoms with Crippen LogP contribution in [0.2, 0.25) is 0 Å². The predicted molar refractivity (Wildman–Crippen MR) is 84.7 cm³/mol. The van der Waals surface area contributed by atoms with Gasteiger partial charge in [-0.2, -0.15) is 0 Å². The Labute approximate surface area is 134 Å². The van der Waals surface area contributed by atoms with Gasteiger partial charge in [-0.1, -0.05) is 6.42 Å². The third-order valence-electron chi connectivity index (χ3n) is 4.98. The Kier molecular flexibility index (Phi) is 3.37. The lowest BCUT2D eigenvalue weighted by molar-refractivity contribution is 0.0559. The van der Waals surface area contributed by atoms with Gasteiger partial charge in [0.05, 0.1) is 16.9 Å². The van der Waals surface area contributed by atoms with Crippen molar-refractivity contribution >= 4 is 26.8 Å². The number of fused-ring (bicyclic) bond motifs is 1. The van der Waals surface area contributed by atoms with Gasteiger partial charge in [-0.15, -0.1) is 0 Å². The van der Waals surface area contributed by atoms with Crippen LogP contribution in [0.1, 0.15) is 29.8 Å². The van der Waals surface area contributed by atoms with Crippen molar-refractivity contribution in [2.24, 2.45) is 5.92 Å². The molecule has 7 nitrogen and oxygen atoms in total. The third kappa shape index (κ3) is 2.50. The third-order valence-corrected chi connectivity index (χ3v) is 6.63. The molecule has 1 aliphatic carbocycles. The molecule has 1 amide bonds. The van der Waals surface area contributed by atoms with Crippen LogP contribution in [-0.2, 0) is 9.84 Å². The molecule has 8 heteroatoms. The molecule has 1 atom stereocenters. The van der Waals surface area contributed by atoms with Crippen LogP contribution in [0.4, 0.5) is 0 Å². The Morgan fingerprint density at radius 3 is 2.87 bits per heavy atom. The van der Waals surface area contributed by atoms with Crippen LogP contribution in [0.25, 0.3) is 11.0 Å². The van der Waals surface area contributed by atoms with E-state index in [4.69, 9.17) is 0 Å². The molecule has 1 unspecified atom stereocenters. The minimum Gasteiger partial charge on any atom is -0.346 e. The summed E-state index contributed by atoms with van der Waals surface area (Å²) in [7, 11) is -3.07. The summed E-state index contributed by atoms with van der Waals surface area (Å²) in [5.41, 5.74) is 0.966. The number of H-pyrrole nitrogens is 1. The molecule has 2 fully saturated rings. The van der Waals surface area contributed by atoms with Crippen LogP contribution < -0.4 is 0 Å². The summed E-state index contributed by atoms with van der Waals surface area (Å²) in [4.78, 5) is 26.0. The number of hydrogen-bond acceptors (Lipinski definition) is 5. The molecular weight excluding hydrogens is 316 g/mol. The Balaban J connectivity index is 1.70. The zero-order valence-corrected chi connectivity index (χ0v) is 13.4. The molecule has 2 aromatic rings. The molecule has 1 N–H and O–H groups in total. The minimum atomic E-state index is -3.07. The molecule has 122 valence electrons. The van der Waals surface area contributed by atoms with Gasteiger partial charge in [-0.25, -0.2) is 18.4 Å². The van der Waals surface area contributed by atoms with E-state index >= 15 is 0 Å². The average molecular weight is 334 g/mol. The Morgan fingerprint density at radius 1 is 1.30 bits per heavy atom. The van der Waals surface area contributed by atoms with Crippen LogP contribution in [0.15, 0.2) is 18.6 Å². The van der Waals surface area contributed by atoms with Gasteiger partial charge >= 0.3 is 0 Å². The number of aromatic nitrogens is 3. The van der Waals surface area contributed by atoms with Gasteiger partial charge in [0.25, 0.3) is 5.91 Å². The summed E-state index contributed by atoms with van der Waals surface area (Å²) in [6.45, 7) is 0.248. The van der Waals surface area contributed by atoms with Crippen molar-refractivity contribution in [2.45, 2.75) is 25.3 Å². The van der Waals surface area contributed by atoms with Crippen molar-refractivity contribution in [3.05, 3.63) is 24.3 Å². The second-order valence-electron chi connectivity index (χ2n) is 6.33. The number of nitrogens with one attached hydrogen (secondary N) is 1. The first-order valence-corrected chi connectivity index (χ1v) is 9.67. The normalized spacial score (nSPS) is 24.5. The quantitative estimate of drug-likeness (QED) is 0.884. The van der Waals surface area contributed by atoms with Gasteiger partial charge in [0, 0.05) is 18.8 Å². The van der Waals surface area contributed by atoms with Gasteiger partial charge in [-0.3, -0.25) is 4.79 Å². The number of amides is 1. The highest BCUT2D eigenvalue weighted by atomic mass is 32.2. The van der Waals surface area contributed by atoms with Crippen LogP contribution in [-0.4, -0.2) is 58.3 Å². The molecule has 4 rings (SSSR count). The summed E-state index contributed by atoms with van der Waals surface area (Å²) in [5, 5.41) is 0.679. The first-order chi connectivity index (χ1) is 11.1. The van der Waals surface area contributed by atoms with Crippen molar-refractivity contribution in [1.29, 1.82) is 0 Å². The maximum atomic E-state index is 13.0. The van der Waals surface area contributed by atoms with Crippen molar-refractivity contribution < 1.29 is 13.2 Å². The fourth-order valence-corrected chi connectivity index (χ4v) is 5.10. The van der Waals surface area contributed by atoms with E-state index in [-0.39, 0.29) is 35.9 Å². The monoisotopic (exact) mass is 334 g/mol. The number of carbonyl (C=O) groups excluding carboxylic acids is 1. The van der Waals surface area contributed by atoms with Crippen molar-refractivity contribution in [1.82, 2.24) is 19.9 Å². The maximum Gasteiger partial charge on any atom is 0.273 e. The number of hydrogen-bond donors (Lipinski definition) is 1. The van der Waals surface area contributed by atoms with E-state index in [1.807, 2.05) is 0 Å². The summed E-state index contributed by atoms with van der Waals surface area (Å²) in [6.07, 6.45) is 6.19. The van der Waals surface area contributed by atoms with E-state index in [0.29, 0.717) is 16.7 Å². The van der Waals surface area contributed by atoms with Gasteiger partial charge in [0.15, 0.2) is 9.84 Å². The molecule has 2 aliphatic rings. The smallest absolute Gasteiger partial charge is 0.273 e. The summed E-state index contributed by atoms with van der Waals surface area (Å²) in [5.74, 6) is 0.204. The molecule has 0 bridgehead atoms. The highest BCUT2D eigenvalue weighted by molar-refractivity contribution is 7.91. The predicted octanol–water partition coefficient (Wildman–Crippen LogP) is 0.997. The van der Waals surface area contributed by atoms with Gasteiger partial charge < -0.3 is 9.88 Å². The second-order valence-corrected chi connectivity index (χ2v) is 8.56. The molecule has 0 radical (unpaired) electrons. The van der Waals surface area contributed by atoms with E-state index in [2.05, 4.69) is 15.0 Å². The lowest BCUT2D eigenvalue weighted by atomic mass is 9.79. The van der Waals surface area contributed by atoms with Crippen LogP contribution in [0.3, 0.4) is 0 Å². The number of sulfone groups is 1. The lowest BCUT2D eigenvalue weighted by Gasteiger charge is -2.43. The molecule has 1 aliphatic heterocycles. The lowest BCUT2D eigenvalue weighted by Crippen LogP contribution is -2.55. The molecule has 0 spiro atoms. The van der Waals surface area contributed by atoms with Crippen LogP contribution in [0.5, 0.6) is 0 Å². The summed E-state index contributed by atoms with van der Waals surface area (Å²) >= 11 is 0. The molecule has 23 heavy (non-hydrogen) atoms.